The van der Waals surface area contributed by atoms with Crippen LogP contribution in [0.4, 0.5) is 0 Å². The van der Waals surface area contributed by atoms with E-state index in [-0.39, 0.29) is 6.04 Å². The van der Waals surface area contributed by atoms with Crippen molar-refractivity contribution in [3.8, 4) is 0 Å². The summed E-state index contributed by atoms with van der Waals surface area (Å²) in [6.45, 7) is 5.56. The molecule has 4 nitrogen and oxygen atoms in total. The molecule has 21 heavy (non-hydrogen) atoms. The summed E-state index contributed by atoms with van der Waals surface area (Å²) >= 11 is 0. The normalized spacial score (nSPS) is 20.0. The minimum Gasteiger partial charge on any atom is -0.480 e. The van der Waals surface area contributed by atoms with Crippen molar-refractivity contribution in [1.82, 2.24) is 4.90 Å². The standard InChI is InChI=1S/C17H21NO3/c1-11-7-13-9-14(21-16(13)8-12(11)2)10-18-6-4-3-5-15(18)17(19)20/h7-9,15H,3-6,10H2,1-2H3,(H,19,20). The van der Waals surface area contributed by atoms with Crippen molar-refractivity contribution in [2.45, 2.75) is 45.7 Å². The first-order chi connectivity index (χ1) is 10.0. The molecule has 1 aromatic heterocycles. The Bertz CT molecular complexity index is 635. The highest BCUT2D eigenvalue weighted by atomic mass is 16.4. The number of hydrogen-bond donors (Lipinski definition) is 1. The van der Waals surface area contributed by atoms with Gasteiger partial charge in [-0.05, 0) is 62.6 Å². The first-order valence-corrected chi connectivity index (χ1v) is 7.51. The molecule has 0 radical (unpaired) electrons. The van der Waals surface area contributed by atoms with Gasteiger partial charge in [-0.25, -0.2) is 0 Å². The van der Waals surface area contributed by atoms with Crippen molar-refractivity contribution < 1.29 is 14.3 Å². The second-order valence-electron chi connectivity index (χ2n) is 6.01. The van der Waals surface area contributed by atoms with Gasteiger partial charge in [0.15, 0.2) is 0 Å². The molecule has 112 valence electrons. The van der Waals surface area contributed by atoms with Gasteiger partial charge >= 0.3 is 5.97 Å². The summed E-state index contributed by atoms with van der Waals surface area (Å²) in [6.07, 6.45) is 2.78. The van der Waals surface area contributed by atoms with Crippen molar-refractivity contribution in [3.63, 3.8) is 0 Å². The Labute approximate surface area is 124 Å². The number of piperidine rings is 1. The molecule has 2 heterocycles. The van der Waals surface area contributed by atoms with Gasteiger partial charge in [0.2, 0.25) is 0 Å². The third-order valence-electron chi connectivity index (χ3n) is 4.44. The number of nitrogens with zero attached hydrogens (tertiary/aromatic N) is 1. The molecule has 4 heteroatoms. The summed E-state index contributed by atoms with van der Waals surface area (Å²) in [6, 6.07) is 5.84. The average molecular weight is 287 g/mol. The van der Waals surface area contributed by atoms with Crippen LogP contribution in [0, 0.1) is 13.8 Å². The van der Waals surface area contributed by atoms with Crippen LogP contribution in [0.5, 0.6) is 0 Å². The molecular weight excluding hydrogens is 266 g/mol. The fraction of sp³-hybridized carbons (Fsp3) is 0.471. The number of aliphatic carboxylic acids is 1. The van der Waals surface area contributed by atoms with Crippen LogP contribution in [0.2, 0.25) is 0 Å². The molecule has 0 aliphatic carbocycles. The zero-order valence-corrected chi connectivity index (χ0v) is 12.6. The zero-order chi connectivity index (χ0) is 15.0. The number of hydrogen-bond acceptors (Lipinski definition) is 3. The number of fused-ring (bicyclic) bond motifs is 1. The van der Waals surface area contributed by atoms with Gasteiger partial charge in [-0.3, -0.25) is 9.69 Å². The van der Waals surface area contributed by atoms with E-state index in [4.69, 9.17) is 4.42 Å². The van der Waals surface area contributed by atoms with Crippen molar-refractivity contribution in [3.05, 3.63) is 35.1 Å². The zero-order valence-electron chi connectivity index (χ0n) is 12.6. The number of carbonyl (C=O) groups is 1. The molecule has 1 N–H and O–H groups in total. The quantitative estimate of drug-likeness (QED) is 0.939. The lowest BCUT2D eigenvalue weighted by atomic mass is 10.0. The molecule has 3 rings (SSSR count). The van der Waals surface area contributed by atoms with Crippen LogP contribution in [-0.2, 0) is 11.3 Å². The van der Waals surface area contributed by atoms with Crippen molar-refractivity contribution in [2.24, 2.45) is 0 Å². The molecule has 0 saturated carbocycles. The Kier molecular flexibility index (Phi) is 3.72. The van der Waals surface area contributed by atoms with E-state index in [0.717, 1.165) is 42.5 Å². The third kappa shape index (κ3) is 2.81. The molecule has 1 atom stereocenters. The van der Waals surface area contributed by atoms with Crippen LogP contribution in [0.25, 0.3) is 11.0 Å². The Morgan fingerprint density at radius 3 is 2.81 bits per heavy atom. The summed E-state index contributed by atoms with van der Waals surface area (Å²) in [5, 5.41) is 10.4. The maximum absolute atomic E-state index is 11.3. The number of carboxylic acids is 1. The molecule has 1 aliphatic rings. The summed E-state index contributed by atoms with van der Waals surface area (Å²) in [7, 11) is 0. The van der Waals surface area contributed by atoms with Gasteiger partial charge in [0, 0.05) is 5.39 Å². The summed E-state index contributed by atoms with van der Waals surface area (Å²) < 4.78 is 5.90. The first kappa shape index (κ1) is 14.1. The van der Waals surface area contributed by atoms with Crippen LogP contribution in [0.15, 0.2) is 22.6 Å². The van der Waals surface area contributed by atoms with Crippen molar-refractivity contribution in [2.75, 3.05) is 6.54 Å². The molecule has 2 aromatic rings. The number of aryl methyl sites for hydroxylation is 2. The summed E-state index contributed by atoms with van der Waals surface area (Å²) in [4.78, 5) is 13.4. The highest BCUT2D eigenvalue weighted by Crippen LogP contribution is 2.26. The minimum absolute atomic E-state index is 0.379. The first-order valence-electron chi connectivity index (χ1n) is 7.51. The van der Waals surface area contributed by atoms with E-state index in [1.807, 2.05) is 11.0 Å². The van der Waals surface area contributed by atoms with E-state index in [2.05, 4.69) is 26.0 Å². The number of likely N-dealkylation sites (tertiary alicyclic amines) is 1. The molecule has 1 aliphatic heterocycles. The monoisotopic (exact) mass is 287 g/mol. The number of furan rings is 1. The molecule has 0 bridgehead atoms. The van der Waals surface area contributed by atoms with Gasteiger partial charge in [0.05, 0.1) is 6.54 Å². The highest BCUT2D eigenvalue weighted by Gasteiger charge is 2.28. The smallest absolute Gasteiger partial charge is 0.320 e. The van der Waals surface area contributed by atoms with Crippen LogP contribution in [-0.4, -0.2) is 28.6 Å². The molecule has 1 aromatic carbocycles. The van der Waals surface area contributed by atoms with E-state index in [9.17, 15) is 9.90 Å². The number of rotatable bonds is 3. The lowest BCUT2D eigenvalue weighted by Gasteiger charge is -2.31. The second-order valence-corrected chi connectivity index (χ2v) is 6.01. The van der Waals surface area contributed by atoms with Gasteiger partial charge in [-0.15, -0.1) is 0 Å². The van der Waals surface area contributed by atoms with Gasteiger partial charge in [-0.2, -0.15) is 0 Å². The molecule has 1 saturated heterocycles. The molecule has 0 spiro atoms. The van der Waals surface area contributed by atoms with E-state index in [1.54, 1.807) is 0 Å². The lowest BCUT2D eigenvalue weighted by Crippen LogP contribution is -2.43. The predicted molar refractivity (Wildman–Crippen MR) is 81.4 cm³/mol. The molecule has 0 amide bonds. The van der Waals surface area contributed by atoms with Gasteiger partial charge in [-0.1, -0.05) is 6.42 Å². The fourth-order valence-corrected chi connectivity index (χ4v) is 3.10. The van der Waals surface area contributed by atoms with Crippen LogP contribution >= 0.6 is 0 Å². The van der Waals surface area contributed by atoms with Crippen molar-refractivity contribution in [1.29, 1.82) is 0 Å². The maximum atomic E-state index is 11.3. The fourth-order valence-electron chi connectivity index (χ4n) is 3.10. The summed E-state index contributed by atoms with van der Waals surface area (Å²) in [5.74, 6) is 0.126. The third-order valence-corrected chi connectivity index (χ3v) is 4.44. The van der Waals surface area contributed by atoms with Gasteiger partial charge in [0.1, 0.15) is 17.4 Å². The predicted octanol–water partition coefficient (Wildman–Crippen LogP) is 3.49. The summed E-state index contributed by atoms with van der Waals surface area (Å²) in [5.41, 5.74) is 3.35. The Hall–Kier alpha value is -1.81. The Morgan fingerprint density at radius 2 is 2.05 bits per heavy atom. The van der Waals surface area contributed by atoms with Crippen LogP contribution < -0.4 is 0 Å². The maximum Gasteiger partial charge on any atom is 0.320 e. The van der Waals surface area contributed by atoms with E-state index >= 15 is 0 Å². The minimum atomic E-state index is -0.725. The molecule has 1 fully saturated rings. The van der Waals surface area contributed by atoms with Gasteiger partial charge < -0.3 is 9.52 Å². The van der Waals surface area contributed by atoms with E-state index in [0.29, 0.717) is 6.54 Å². The Morgan fingerprint density at radius 1 is 1.29 bits per heavy atom. The Balaban J connectivity index is 1.85. The topological polar surface area (TPSA) is 53.7 Å². The average Bonchev–Trinajstić information content (AvgIpc) is 2.81. The van der Waals surface area contributed by atoms with Crippen LogP contribution in [0.1, 0.15) is 36.1 Å². The lowest BCUT2D eigenvalue weighted by molar-refractivity contribution is -0.144. The number of carboxylic acid groups (broad SMARTS) is 1. The van der Waals surface area contributed by atoms with E-state index in [1.165, 1.54) is 11.1 Å². The van der Waals surface area contributed by atoms with Crippen LogP contribution in [0.3, 0.4) is 0 Å². The number of benzene rings is 1. The van der Waals surface area contributed by atoms with Crippen molar-refractivity contribution >= 4 is 16.9 Å². The molecular formula is C17H21NO3. The highest BCUT2D eigenvalue weighted by molar-refractivity contribution is 5.79. The van der Waals surface area contributed by atoms with Gasteiger partial charge in [0.25, 0.3) is 0 Å². The largest absolute Gasteiger partial charge is 0.480 e. The molecule has 1 unspecified atom stereocenters. The second kappa shape index (κ2) is 5.53. The van der Waals surface area contributed by atoms with E-state index < -0.39 is 5.97 Å². The SMILES string of the molecule is Cc1cc2cc(CN3CCCCC3C(=O)O)oc2cc1C.